The van der Waals surface area contributed by atoms with Gasteiger partial charge in [-0.05, 0) is 50.1 Å². The molecule has 25 heavy (non-hydrogen) atoms. The van der Waals surface area contributed by atoms with Crippen molar-refractivity contribution in [2.24, 2.45) is 0 Å². The van der Waals surface area contributed by atoms with Crippen molar-refractivity contribution in [1.29, 1.82) is 0 Å². The second-order valence-corrected chi connectivity index (χ2v) is 6.17. The van der Waals surface area contributed by atoms with E-state index in [1.807, 2.05) is 38.1 Å². The van der Waals surface area contributed by atoms with E-state index in [4.69, 9.17) is 4.74 Å². The quantitative estimate of drug-likeness (QED) is 0.871. The third-order valence-electron chi connectivity index (χ3n) is 4.49. The van der Waals surface area contributed by atoms with Crippen LogP contribution in [0.1, 0.15) is 31.9 Å². The van der Waals surface area contributed by atoms with Gasteiger partial charge in [-0.25, -0.2) is 4.39 Å². The van der Waals surface area contributed by atoms with Crippen LogP contribution in [0.15, 0.2) is 48.5 Å². The molecule has 132 valence electrons. The average molecular weight is 342 g/mol. The number of anilines is 1. The molecule has 1 aliphatic heterocycles. The summed E-state index contributed by atoms with van der Waals surface area (Å²) in [7, 11) is 0. The van der Waals surface area contributed by atoms with Gasteiger partial charge in [-0.3, -0.25) is 10.1 Å². The molecule has 1 fully saturated rings. The van der Waals surface area contributed by atoms with E-state index in [-0.39, 0.29) is 23.8 Å². The highest BCUT2D eigenvalue weighted by molar-refractivity contribution is 5.99. The second kappa shape index (κ2) is 7.66. The van der Waals surface area contributed by atoms with Crippen LogP contribution in [0.4, 0.5) is 10.1 Å². The monoisotopic (exact) mass is 342 g/mol. The molecule has 2 aromatic rings. The minimum Gasteiger partial charge on any atom is -0.494 e. The number of hydrogen-bond donors (Lipinski definition) is 1. The predicted molar refractivity (Wildman–Crippen MR) is 96.3 cm³/mol. The number of carbonyl (C=O) groups excluding carboxylic acids is 1. The standard InChI is InChI=1S/C20H23FN2O2/c1-3-25-16-10-8-15(9-11-16)14(2)22-18-12-13-23(20(18)24)19-7-5-4-6-17(19)21/h4-11,14,18,22H,3,12-13H2,1-2H3. The Balaban J connectivity index is 1.65. The number of nitrogens with one attached hydrogen (secondary N) is 1. The zero-order valence-corrected chi connectivity index (χ0v) is 14.5. The predicted octanol–water partition coefficient (Wildman–Crippen LogP) is 3.68. The van der Waals surface area contributed by atoms with E-state index in [0.29, 0.717) is 25.3 Å². The maximum absolute atomic E-state index is 13.9. The summed E-state index contributed by atoms with van der Waals surface area (Å²) in [6, 6.07) is 14.0. The van der Waals surface area contributed by atoms with Crippen molar-refractivity contribution in [3.63, 3.8) is 0 Å². The van der Waals surface area contributed by atoms with Gasteiger partial charge in [0, 0.05) is 12.6 Å². The number of rotatable bonds is 6. The highest BCUT2D eigenvalue weighted by Crippen LogP contribution is 2.26. The Bertz CT molecular complexity index is 733. The van der Waals surface area contributed by atoms with Crippen LogP contribution in [-0.2, 0) is 4.79 Å². The molecule has 3 rings (SSSR count). The Hall–Kier alpha value is -2.40. The minimum atomic E-state index is -0.365. The van der Waals surface area contributed by atoms with Gasteiger partial charge in [0.25, 0.3) is 0 Å². The van der Waals surface area contributed by atoms with Crippen LogP contribution in [0.3, 0.4) is 0 Å². The lowest BCUT2D eigenvalue weighted by Crippen LogP contribution is -2.39. The normalized spacial score (nSPS) is 18.4. The third-order valence-corrected chi connectivity index (χ3v) is 4.49. The van der Waals surface area contributed by atoms with Crippen molar-refractivity contribution in [1.82, 2.24) is 5.32 Å². The van der Waals surface area contributed by atoms with Crippen LogP contribution in [0.25, 0.3) is 0 Å². The molecule has 0 radical (unpaired) electrons. The molecule has 2 aromatic carbocycles. The summed E-state index contributed by atoms with van der Waals surface area (Å²) in [5, 5.41) is 3.36. The van der Waals surface area contributed by atoms with Crippen molar-refractivity contribution in [2.75, 3.05) is 18.1 Å². The fourth-order valence-corrected chi connectivity index (χ4v) is 3.16. The molecule has 1 N–H and O–H groups in total. The van der Waals surface area contributed by atoms with Gasteiger partial charge in [0.15, 0.2) is 0 Å². The number of para-hydroxylation sites is 1. The van der Waals surface area contributed by atoms with E-state index in [0.717, 1.165) is 11.3 Å². The molecule has 0 aliphatic carbocycles. The number of amides is 1. The molecule has 1 heterocycles. The van der Waals surface area contributed by atoms with Gasteiger partial charge < -0.3 is 9.64 Å². The van der Waals surface area contributed by atoms with E-state index in [9.17, 15) is 9.18 Å². The number of benzene rings is 2. The Kier molecular flexibility index (Phi) is 5.34. The molecule has 2 unspecified atom stereocenters. The van der Waals surface area contributed by atoms with Crippen molar-refractivity contribution in [3.8, 4) is 5.75 Å². The van der Waals surface area contributed by atoms with Crippen LogP contribution < -0.4 is 15.0 Å². The Morgan fingerprint density at radius 3 is 2.64 bits per heavy atom. The summed E-state index contributed by atoms with van der Waals surface area (Å²) < 4.78 is 19.4. The molecular formula is C20H23FN2O2. The van der Waals surface area contributed by atoms with Crippen LogP contribution in [0, 0.1) is 5.82 Å². The fourth-order valence-electron chi connectivity index (χ4n) is 3.16. The van der Waals surface area contributed by atoms with E-state index >= 15 is 0 Å². The second-order valence-electron chi connectivity index (χ2n) is 6.17. The maximum atomic E-state index is 13.9. The largest absolute Gasteiger partial charge is 0.494 e. The first kappa shape index (κ1) is 17.4. The number of carbonyl (C=O) groups is 1. The van der Waals surface area contributed by atoms with Gasteiger partial charge in [-0.2, -0.15) is 0 Å². The molecule has 1 amide bonds. The molecule has 1 saturated heterocycles. The van der Waals surface area contributed by atoms with Crippen molar-refractivity contribution >= 4 is 11.6 Å². The van der Waals surface area contributed by atoms with Gasteiger partial charge in [0.2, 0.25) is 5.91 Å². The fraction of sp³-hybridized carbons (Fsp3) is 0.350. The van der Waals surface area contributed by atoms with E-state index in [2.05, 4.69) is 5.32 Å². The average Bonchev–Trinajstić information content (AvgIpc) is 2.97. The van der Waals surface area contributed by atoms with E-state index < -0.39 is 0 Å². The SMILES string of the molecule is CCOc1ccc(C(C)NC2CCN(c3ccccc3F)C2=O)cc1. The first-order valence-corrected chi connectivity index (χ1v) is 8.65. The summed E-state index contributed by atoms with van der Waals surface area (Å²) in [6.45, 7) is 5.13. The lowest BCUT2D eigenvalue weighted by Gasteiger charge is -2.21. The topological polar surface area (TPSA) is 41.6 Å². The first-order chi connectivity index (χ1) is 12.1. The molecule has 0 bridgehead atoms. The summed E-state index contributed by atoms with van der Waals surface area (Å²) in [4.78, 5) is 14.2. The highest BCUT2D eigenvalue weighted by atomic mass is 19.1. The number of ether oxygens (including phenoxy) is 1. The van der Waals surface area contributed by atoms with Gasteiger partial charge in [0.05, 0.1) is 18.3 Å². The molecule has 1 aliphatic rings. The minimum absolute atomic E-state index is 0.0187. The highest BCUT2D eigenvalue weighted by Gasteiger charge is 2.34. The van der Waals surface area contributed by atoms with Gasteiger partial charge >= 0.3 is 0 Å². The number of halogens is 1. The van der Waals surface area contributed by atoms with E-state index in [1.54, 1.807) is 18.2 Å². The zero-order chi connectivity index (χ0) is 17.8. The summed E-state index contributed by atoms with van der Waals surface area (Å²) in [5.74, 6) is 0.389. The molecule has 0 saturated carbocycles. The summed E-state index contributed by atoms with van der Waals surface area (Å²) in [5.41, 5.74) is 1.44. The molecule has 0 spiro atoms. The lowest BCUT2D eigenvalue weighted by molar-refractivity contribution is -0.119. The van der Waals surface area contributed by atoms with E-state index in [1.165, 1.54) is 11.0 Å². The first-order valence-electron chi connectivity index (χ1n) is 8.65. The molecule has 5 heteroatoms. The summed E-state index contributed by atoms with van der Waals surface area (Å²) >= 11 is 0. The van der Waals surface area contributed by atoms with Gasteiger partial charge in [0.1, 0.15) is 11.6 Å². The molecule has 2 atom stereocenters. The van der Waals surface area contributed by atoms with Crippen LogP contribution in [0.5, 0.6) is 5.75 Å². The smallest absolute Gasteiger partial charge is 0.244 e. The van der Waals surface area contributed by atoms with Crippen molar-refractivity contribution < 1.29 is 13.9 Å². The van der Waals surface area contributed by atoms with Crippen LogP contribution >= 0.6 is 0 Å². The Morgan fingerprint density at radius 2 is 1.96 bits per heavy atom. The zero-order valence-electron chi connectivity index (χ0n) is 14.5. The number of hydrogen-bond acceptors (Lipinski definition) is 3. The number of nitrogens with zero attached hydrogens (tertiary/aromatic N) is 1. The Morgan fingerprint density at radius 1 is 1.24 bits per heavy atom. The molecule has 0 aromatic heterocycles. The van der Waals surface area contributed by atoms with Crippen LogP contribution in [0.2, 0.25) is 0 Å². The van der Waals surface area contributed by atoms with Gasteiger partial charge in [-0.1, -0.05) is 24.3 Å². The Labute approximate surface area is 147 Å². The van der Waals surface area contributed by atoms with Crippen molar-refractivity contribution in [2.45, 2.75) is 32.4 Å². The lowest BCUT2D eigenvalue weighted by atomic mass is 10.1. The molecular weight excluding hydrogens is 319 g/mol. The van der Waals surface area contributed by atoms with Gasteiger partial charge in [-0.15, -0.1) is 0 Å². The maximum Gasteiger partial charge on any atom is 0.244 e. The molecule has 4 nitrogen and oxygen atoms in total. The van der Waals surface area contributed by atoms with Crippen molar-refractivity contribution in [3.05, 3.63) is 59.9 Å². The summed E-state index contributed by atoms with van der Waals surface area (Å²) in [6.07, 6.45) is 0.661. The van der Waals surface area contributed by atoms with Crippen LogP contribution in [-0.4, -0.2) is 25.1 Å². The third kappa shape index (κ3) is 3.82.